The predicted molar refractivity (Wildman–Crippen MR) is 84.3 cm³/mol. The van der Waals surface area contributed by atoms with Gasteiger partial charge in [-0.25, -0.2) is 0 Å². The Labute approximate surface area is 132 Å². The lowest BCUT2D eigenvalue weighted by atomic mass is 10.1. The molecule has 3 rings (SSSR count). The van der Waals surface area contributed by atoms with Crippen molar-refractivity contribution < 1.29 is 9.32 Å². The molecule has 3 N–H and O–H groups in total. The average Bonchev–Trinajstić information content (AvgIpc) is 3.10. The second kappa shape index (κ2) is 6.27. The van der Waals surface area contributed by atoms with Crippen LogP contribution in [0.4, 0.5) is 5.69 Å². The second-order valence-corrected chi connectivity index (χ2v) is 4.97. The maximum atomic E-state index is 12.4. The summed E-state index contributed by atoms with van der Waals surface area (Å²) in [6, 6.07) is 10.7. The van der Waals surface area contributed by atoms with E-state index in [0.717, 1.165) is 5.56 Å². The first-order valence-corrected chi connectivity index (χ1v) is 7.04. The monoisotopic (exact) mass is 309 g/mol. The number of nitrogens with one attached hydrogen (secondary N) is 1. The maximum Gasteiger partial charge on any atom is 0.254 e. The molecule has 1 unspecified atom stereocenters. The van der Waals surface area contributed by atoms with Crippen molar-refractivity contribution in [3.8, 4) is 11.3 Å². The van der Waals surface area contributed by atoms with E-state index < -0.39 is 6.04 Å². The van der Waals surface area contributed by atoms with Gasteiger partial charge in [-0.15, -0.1) is 0 Å². The van der Waals surface area contributed by atoms with Crippen LogP contribution < -0.4 is 11.1 Å². The maximum absolute atomic E-state index is 12.4. The Morgan fingerprint density at radius 1 is 1.22 bits per heavy atom. The van der Waals surface area contributed by atoms with Crippen LogP contribution in [0, 0.1) is 0 Å². The fourth-order valence-corrected chi connectivity index (χ4v) is 2.21. The fourth-order valence-electron chi connectivity index (χ4n) is 2.21. The first-order valence-electron chi connectivity index (χ1n) is 7.04. The lowest BCUT2D eigenvalue weighted by Crippen LogP contribution is -2.28. The van der Waals surface area contributed by atoms with Crippen molar-refractivity contribution >= 4 is 11.6 Å². The number of hydrogen-bond acceptors (Lipinski definition) is 6. The molecule has 7 heteroatoms. The topological polar surface area (TPSA) is 107 Å². The molecule has 0 spiro atoms. The van der Waals surface area contributed by atoms with E-state index in [2.05, 4.69) is 25.0 Å². The molecule has 23 heavy (non-hydrogen) atoms. The number of nitrogen functional groups attached to an aromatic ring is 1. The van der Waals surface area contributed by atoms with Gasteiger partial charge in [0.25, 0.3) is 5.91 Å². The summed E-state index contributed by atoms with van der Waals surface area (Å²) in [5, 5.41) is 6.49. The SMILES string of the molecule is CC(NC(=O)c1ccnc(-c2ccccc2)c1N)c1ncon1. The molecule has 1 amide bonds. The van der Waals surface area contributed by atoms with E-state index in [1.165, 1.54) is 6.39 Å². The summed E-state index contributed by atoms with van der Waals surface area (Å²) in [4.78, 5) is 20.6. The van der Waals surface area contributed by atoms with Crippen molar-refractivity contribution in [3.05, 3.63) is 60.4 Å². The lowest BCUT2D eigenvalue weighted by molar-refractivity contribution is 0.0938. The van der Waals surface area contributed by atoms with Gasteiger partial charge in [0.2, 0.25) is 6.39 Å². The quantitative estimate of drug-likeness (QED) is 0.765. The summed E-state index contributed by atoms with van der Waals surface area (Å²) >= 11 is 0. The molecule has 0 aliphatic heterocycles. The van der Waals surface area contributed by atoms with E-state index in [1.54, 1.807) is 19.2 Å². The zero-order valence-electron chi connectivity index (χ0n) is 12.4. The molecular weight excluding hydrogens is 294 g/mol. The number of nitrogens with zero attached hydrogens (tertiary/aromatic N) is 3. The summed E-state index contributed by atoms with van der Waals surface area (Å²) in [6.45, 7) is 1.76. The lowest BCUT2D eigenvalue weighted by Gasteiger charge is -2.13. The van der Waals surface area contributed by atoms with Crippen LogP contribution in [0.3, 0.4) is 0 Å². The van der Waals surface area contributed by atoms with E-state index in [-0.39, 0.29) is 5.91 Å². The highest BCUT2D eigenvalue weighted by Gasteiger charge is 2.18. The Kier molecular flexibility index (Phi) is 4.01. The minimum Gasteiger partial charge on any atom is -0.396 e. The van der Waals surface area contributed by atoms with Crippen LogP contribution in [0.2, 0.25) is 0 Å². The molecule has 7 nitrogen and oxygen atoms in total. The molecule has 0 aliphatic rings. The first-order chi connectivity index (χ1) is 11.2. The van der Waals surface area contributed by atoms with E-state index in [0.29, 0.717) is 22.8 Å². The minimum absolute atomic E-state index is 0.320. The molecule has 0 bridgehead atoms. The third-order valence-electron chi connectivity index (χ3n) is 3.40. The third-order valence-corrected chi connectivity index (χ3v) is 3.40. The van der Waals surface area contributed by atoms with Crippen LogP contribution in [-0.2, 0) is 0 Å². The van der Waals surface area contributed by atoms with E-state index in [1.807, 2.05) is 30.3 Å². The number of benzene rings is 1. The second-order valence-electron chi connectivity index (χ2n) is 4.97. The van der Waals surface area contributed by atoms with Gasteiger partial charge in [0.1, 0.15) is 0 Å². The van der Waals surface area contributed by atoms with Crippen LogP contribution in [-0.4, -0.2) is 21.0 Å². The van der Waals surface area contributed by atoms with E-state index in [9.17, 15) is 4.79 Å². The van der Waals surface area contributed by atoms with Gasteiger partial charge >= 0.3 is 0 Å². The van der Waals surface area contributed by atoms with Crippen LogP contribution >= 0.6 is 0 Å². The highest BCUT2D eigenvalue weighted by molar-refractivity contribution is 6.01. The zero-order valence-corrected chi connectivity index (χ0v) is 12.4. The number of anilines is 1. The van der Waals surface area contributed by atoms with E-state index in [4.69, 9.17) is 5.73 Å². The number of rotatable bonds is 4. The minimum atomic E-state index is -0.394. The van der Waals surface area contributed by atoms with Gasteiger partial charge in [0, 0.05) is 11.8 Å². The zero-order chi connectivity index (χ0) is 16.2. The molecule has 2 heterocycles. The Balaban J connectivity index is 1.87. The summed E-state index contributed by atoms with van der Waals surface area (Å²) < 4.78 is 4.68. The number of aromatic nitrogens is 3. The predicted octanol–water partition coefficient (Wildman–Crippen LogP) is 2.20. The molecule has 0 saturated carbocycles. The van der Waals surface area contributed by atoms with Gasteiger partial charge in [-0.2, -0.15) is 4.98 Å². The highest BCUT2D eigenvalue weighted by Crippen LogP contribution is 2.26. The Morgan fingerprint density at radius 3 is 2.70 bits per heavy atom. The van der Waals surface area contributed by atoms with Crippen molar-refractivity contribution in [2.75, 3.05) is 5.73 Å². The Hall–Kier alpha value is -3.22. The van der Waals surface area contributed by atoms with Gasteiger partial charge in [-0.05, 0) is 13.0 Å². The fraction of sp³-hybridized carbons (Fsp3) is 0.125. The summed E-state index contributed by atoms with van der Waals surface area (Å²) in [5.41, 5.74) is 8.25. The van der Waals surface area contributed by atoms with Crippen LogP contribution in [0.25, 0.3) is 11.3 Å². The molecule has 0 fully saturated rings. The highest BCUT2D eigenvalue weighted by atomic mass is 16.5. The van der Waals surface area contributed by atoms with Crippen LogP contribution in [0.15, 0.2) is 53.5 Å². The van der Waals surface area contributed by atoms with Crippen molar-refractivity contribution in [1.82, 2.24) is 20.4 Å². The van der Waals surface area contributed by atoms with Gasteiger partial charge < -0.3 is 15.6 Å². The first kappa shape index (κ1) is 14.7. The normalized spacial score (nSPS) is 11.9. The van der Waals surface area contributed by atoms with Crippen molar-refractivity contribution in [3.63, 3.8) is 0 Å². The molecule has 1 atom stereocenters. The number of nitrogens with two attached hydrogens (primary N) is 1. The molecular formula is C16H15N5O2. The molecule has 0 saturated heterocycles. The van der Waals surface area contributed by atoms with Crippen molar-refractivity contribution in [2.24, 2.45) is 0 Å². The van der Waals surface area contributed by atoms with Gasteiger partial charge in [0.05, 0.1) is 23.0 Å². The molecule has 0 radical (unpaired) electrons. The van der Waals surface area contributed by atoms with Gasteiger partial charge in [0.15, 0.2) is 5.82 Å². The summed E-state index contributed by atoms with van der Waals surface area (Å²) in [7, 11) is 0. The Morgan fingerprint density at radius 2 is 2.00 bits per heavy atom. The number of pyridine rings is 1. The summed E-state index contributed by atoms with van der Waals surface area (Å²) in [6.07, 6.45) is 2.78. The number of amides is 1. The van der Waals surface area contributed by atoms with Gasteiger partial charge in [-0.3, -0.25) is 9.78 Å². The smallest absolute Gasteiger partial charge is 0.254 e. The standard InChI is InChI=1S/C16H15N5O2/c1-10(15-19-9-23-21-15)20-16(22)12-7-8-18-14(13(12)17)11-5-3-2-4-6-11/h2-10H,17H2,1H3,(H,20,22). The molecule has 3 aromatic rings. The van der Waals surface area contributed by atoms with Crippen molar-refractivity contribution in [1.29, 1.82) is 0 Å². The molecule has 2 aromatic heterocycles. The van der Waals surface area contributed by atoms with E-state index >= 15 is 0 Å². The summed E-state index contributed by atoms with van der Waals surface area (Å²) in [5.74, 6) is 0.0774. The van der Waals surface area contributed by atoms with Crippen molar-refractivity contribution in [2.45, 2.75) is 13.0 Å². The van der Waals surface area contributed by atoms with Crippen LogP contribution in [0.1, 0.15) is 29.1 Å². The van der Waals surface area contributed by atoms with Gasteiger partial charge in [-0.1, -0.05) is 35.5 Å². The van der Waals surface area contributed by atoms with Crippen LogP contribution in [0.5, 0.6) is 0 Å². The molecule has 0 aliphatic carbocycles. The number of carbonyl (C=O) groups is 1. The largest absolute Gasteiger partial charge is 0.396 e. The third kappa shape index (κ3) is 3.03. The molecule has 116 valence electrons. The number of hydrogen-bond donors (Lipinski definition) is 2. The number of carbonyl (C=O) groups excluding carboxylic acids is 1. The Bertz CT molecular complexity index is 803. The molecule has 1 aromatic carbocycles. The average molecular weight is 309 g/mol.